The van der Waals surface area contributed by atoms with Crippen LogP contribution in [0.1, 0.15) is 26.2 Å². The molecule has 1 aliphatic rings. The summed E-state index contributed by atoms with van der Waals surface area (Å²) in [6.45, 7) is 1.91. The lowest BCUT2D eigenvalue weighted by molar-refractivity contribution is -0.0190. The monoisotopic (exact) mass is 240 g/mol. The standard InChI is InChI=1S/C13H17ClO2/c1-9(13(15)10-4-2-5-10)16-12-7-3-6-11(14)8-12/h3,6-10,13,15H,2,4-5H2,1H3. The van der Waals surface area contributed by atoms with Crippen LogP contribution < -0.4 is 4.74 Å². The molecule has 1 fully saturated rings. The molecule has 0 bridgehead atoms. The van der Waals surface area contributed by atoms with Gasteiger partial charge < -0.3 is 9.84 Å². The fourth-order valence-corrected chi connectivity index (χ4v) is 2.17. The molecule has 2 nitrogen and oxygen atoms in total. The zero-order valence-electron chi connectivity index (χ0n) is 9.40. The molecule has 1 N–H and O–H groups in total. The second kappa shape index (κ2) is 5.07. The predicted molar refractivity (Wildman–Crippen MR) is 64.9 cm³/mol. The maximum Gasteiger partial charge on any atom is 0.122 e. The van der Waals surface area contributed by atoms with Crippen LogP contribution in [0.25, 0.3) is 0 Å². The summed E-state index contributed by atoms with van der Waals surface area (Å²) in [4.78, 5) is 0. The van der Waals surface area contributed by atoms with Gasteiger partial charge in [-0.05, 0) is 43.9 Å². The minimum Gasteiger partial charge on any atom is -0.488 e. The molecule has 1 aromatic rings. The van der Waals surface area contributed by atoms with Crippen LogP contribution in [0.4, 0.5) is 0 Å². The summed E-state index contributed by atoms with van der Waals surface area (Å²) in [6.07, 6.45) is 2.91. The quantitative estimate of drug-likeness (QED) is 0.875. The van der Waals surface area contributed by atoms with Gasteiger partial charge in [-0.1, -0.05) is 24.1 Å². The highest BCUT2D eigenvalue weighted by molar-refractivity contribution is 6.30. The first-order chi connectivity index (χ1) is 7.66. The number of rotatable bonds is 4. The van der Waals surface area contributed by atoms with E-state index < -0.39 is 0 Å². The van der Waals surface area contributed by atoms with Crippen LogP contribution in [0.5, 0.6) is 5.75 Å². The van der Waals surface area contributed by atoms with Gasteiger partial charge in [0.15, 0.2) is 0 Å². The van der Waals surface area contributed by atoms with Crippen LogP contribution in [0, 0.1) is 5.92 Å². The molecule has 1 aliphatic carbocycles. The Morgan fingerprint density at radius 2 is 2.19 bits per heavy atom. The Labute approximate surface area is 101 Å². The lowest BCUT2D eigenvalue weighted by Crippen LogP contribution is -2.38. The molecule has 16 heavy (non-hydrogen) atoms. The summed E-state index contributed by atoms with van der Waals surface area (Å²) in [6, 6.07) is 7.28. The van der Waals surface area contributed by atoms with Crippen LogP contribution >= 0.6 is 11.6 Å². The minimum atomic E-state index is -0.368. The smallest absolute Gasteiger partial charge is 0.122 e. The molecule has 1 aromatic carbocycles. The Balaban J connectivity index is 1.93. The van der Waals surface area contributed by atoms with Crippen molar-refractivity contribution in [2.75, 3.05) is 0 Å². The van der Waals surface area contributed by atoms with E-state index in [1.165, 1.54) is 6.42 Å². The summed E-state index contributed by atoms with van der Waals surface area (Å²) >= 11 is 5.87. The first-order valence-electron chi connectivity index (χ1n) is 5.77. The van der Waals surface area contributed by atoms with E-state index in [0.29, 0.717) is 10.9 Å². The van der Waals surface area contributed by atoms with Gasteiger partial charge in [-0.15, -0.1) is 0 Å². The molecule has 0 saturated heterocycles. The molecule has 2 atom stereocenters. The van der Waals surface area contributed by atoms with Gasteiger partial charge in [0.2, 0.25) is 0 Å². The number of benzene rings is 1. The van der Waals surface area contributed by atoms with Crippen molar-refractivity contribution in [1.29, 1.82) is 0 Å². The third-order valence-electron chi connectivity index (χ3n) is 3.23. The fraction of sp³-hybridized carbons (Fsp3) is 0.538. The van der Waals surface area contributed by atoms with Gasteiger partial charge in [0.05, 0.1) is 6.10 Å². The summed E-state index contributed by atoms with van der Waals surface area (Å²) in [5.74, 6) is 1.13. The zero-order chi connectivity index (χ0) is 11.5. The van der Waals surface area contributed by atoms with Gasteiger partial charge in [0.25, 0.3) is 0 Å². The van der Waals surface area contributed by atoms with Crippen LogP contribution in [-0.2, 0) is 0 Å². The van der Waals surface area contributed by atoms with Crippen molar-refractivity contribution in [2.24, 2.45) is 5.92 Å². The van der Waals surface area contributed by atoms with Crippen LogP contribution in [0.2, 0.25) is 5.02 Å². The highest BCUT2D eigenvalue weighted by Crippen LogP contribution is 2.32. The van der Waals surface area contributed by atoms with E-state index in [9.17, 15) is 5.11 Å². The van der Waals surface area contributed by atoms with E-state index in [-0.39, 0.29) is 12.2 Å². The molecule has 0 heterocycles. The fourth-order valence-electron chi connectivity index (χ4n) is 1.99. The van der Waals surface area contributed by atoms with E-state index in [4.69, 9.17) is 16.3 Å². The number of hydrogen-bond donors (Lipinski definition) is 1. The maximum absolute atomic E-state index is 10.0. The van der Waals surface area contributed by atoms with Gasteiger partial charge >= 0.3 is 0 Å². The average molecular weight is 241 g/mol. The van der Waals surface area contributed by atoms with Crippen molar-refractivity contribution in [3.63, 3.8) is 0 Å². The van der Waals surface area contributed by atoms with Crippen LogP contribution in [-0.4, -0.2) is 17.3 Å². The third kappa shape index (κ3) is 2.69. The lowest BCUT2D eigenvalue weighted by atomic mass is 9.79. The minimum absolute atomic E-state index is 0.177. The molecule has 2 unspecified atom stereocenters. The molecule has 88 valence electrons. The summed E-state index contributed by atoms with van der Waals surface area (Å²) in [7, 11) is 0. The van der Waals surface area contributed by atoms with Crippen LogP contribution in [0.15, 0.2) is 24.3 Å². The van der Waals surface area contributed by atoms with E-state index in [2.05, 4.69) is 0 Å². The molecule has 1 saturated carbocycles. The van der Waals surface area contributed by atoms with E-state index in [1.807, 2.05) is 19.1 Å². The molecule has 2 rings (SSSR count). The molecule has 0 aromatic heterocycles. The van der Waals surface area contributed by atoms with E-state index in [0.717, 1.165) is 18.6 Å². The van der Waals surface area contributed by atoms with Gasteiger partial charge in [-0.3, -0.25) is 0 Å². The molecular formula is C13H17ClO2. The van der Waals surface area contributed by atoms with E-state index in [1.54, 1.807) is 12.1 Å². The number of aliphatic hydroxyl groups is 1. The SMILES string of the molecule is CC(Oc1cccc(Cl)c1)C(O)C1CCC1. The highest BCUT2D eigenvalue weighted by Gasteiger charge is 2.30. The number of aliphatic hydroxyl groups excluding tert-OH is 1. The topological polar surface area (TPSA) is 29.5 Å². The largest absolute Gasteiger partial charge is 0.488 e. The highest BCUT2D eigenvalue weighted by atomic mass is 35.5. The van der Waals surface area contributed by atoms with Crippen molar-refractivity contribution in [3.8, 4) is 5.75 Å². The molecule has 0 aliphatic heterocycles. The van der Waals surface area contributed by atoms with Gasteiger partial charge in [0, 0.05) is 5.02 Å². The second-order valence-corrected chi connectivity index (χ2v) is 4.90. The summed E-state index contributed by atoms with van der Waals surface area (Å²) in [5.41, 5.74) is 0. The molecule has 0 radical (unpaired) electrons. The zero-order valence-corrected chi connectivity index (χ0v) is 10.2. The number of ether oxygens (including phenoxy) is 1. The Hall–Kier alpha value is -0.730. The predicted octanol–water partition coefficient (Wildman–Crippen LogP) is 3.27. The normalized spacial score (nSPS) is 19.9. The van der Waals surface area contributed by atoms with Crippen molar-refractivity contribution in [3.05, 3.63) is 29.3 Å². The van der Waals surface area contributed by atoms with Crippen molar-refractivity contribution < 1.29 is 9.84 Å². The lowest BCUT2D eigenvalue weighted by Gasteiger charge is -2.33. The molecule has 3 heteroatoms. The average Bonchev–Trinajstić information content (AvgIpc) is 2.14. The van der Waals surface area contributed by atoms with Crippen molar-refractivity contribution >= 4 is 11.6 Å². The first-order valence-corrected chi connectivity index (χ1v) is 6.15. The van der Waals surface area contributed by atoms with Crippen molar-refractivity contribution in [2.45, 2.75) is 38.4 Å². The number of halogens is 1. The Morgan fingerprint density at radius 3 is 2.75 bits per heavy atom. The van der Waals surface area contributed by atoms with E-state index >= 15 is 0 Å². The second-order valence-electron chi connectivity index (χ2n) is 4.46. The Kier molecular flexibility index (Phi) is 3.72. The Bertz CT molecular complexity index is 350. The van der Waals surface area contributed by atoms with Gasteiger partial charge in [0.1, 0.15) is 11.9 Å². The van der Waals surface area contributed by atoms with Gasteiger partial charge in [-0.25, -0.2) is 0 Å². The van der Waals surface area contributed by atoms with Gasteiger partial charge in [-0.2, -0.15) is 0 Å². The molecular weight excluding hydrogens is 224 g/mol. The first kappa shape index (κ1) is 11.7. The van der Waals surface area contributed by atoms with Crippen molar-refractivity contribution in [1.82, 2.24) is 0 Å². The number of hydrogen-bond acceptors (Lipinski definition) is 2. The summed E-state index contributed by atoms with van der Waals surface area (Å²) in [5, 5.41) is 10.7. The maximum atomic E-state index is 10.0. The summed E-state index contributed by atoms with van der Waals surface area (Å²) < 4.78 is 5.68. The molecule has 0 amide bonds. The Morgan fingerprint density at radius 1 is 1.44 bits per heavy atom. The third-order valence-corrected chi connectivity index (χ3v) is 3.47. The molecule has 0 spiro atoms. The van der Waals surface area contributed by atoms with Crippen LogP contribution in [0.3, 0.4) is 0 Å².